The molecule has 1 amide bonds. The first-order valence-corrected chi connectivity index (χ1v) is 11.6. The van der Waals surface area contributed by atoms with Crippen molar-refractivity contribution in [2.24, 2.45) is 4.99 Å². The average Bonchev–Trinajstić information content (AvgIpc) is 3.41. The fourth-order valence-corrected chi connectivity index (χ4v) is 5.33. The Hall–Kier alpha value is -3.15. The van der Waals surface area contributed by atoms with Crippen LogP contribution in [0.15, 0.2) is 63.4 Å². The van der Waals surface area contributed by atoms with Gasteiger partial charge in [-0.2, -0.15) is 0 Å². The van der Waals surface area contributed by atoms with Crippen LogP contribution in [0.2, 0.25) is 0 Å². The first kappa shape index (κ1) is 21.1. The highest BCUT2D eigenvalue weighted by molar-refractivity contribution is 8.02. The van der Waals surface area contributed by atoms with Crippen LogP contribution in [0.25, 0.3) is 10.2 Å². The number of aliphatic imine (C=N–C) groups is 1. The van der Waals surface area contributed by atoms with E-state index in [0.29, 0.717) is 5.13 Å². The molecule has 0 fully saturated rings. The van der Waals surface area contributed by atoms with Gasteiger partial charge in [0, 0.05) is 29.9 Å². The number of hydrogen-bond donors (Lipinski definition) is 1. The lowest BCUT2D eigenvalue weighted by Gasteiger charge is -2.07. The molecule has 31 heavy (non-hydrogen) atoms. The number of fused-ring (bicyclic) bond motifs is 1. The maximum atomic E-state index is 12.3. The summed E-state index contributed by atoms with van der Waals surface area (Å²) in [6, 6.07) is 11.9. The number of amides is 1. The molecule has 2 aromatic heterocycles. The largest absolute Gasteiger partial charge is 0.301 e. The van der Waals surface area contributed by atoms with Crippen molar-refractivity contribution in [2.45, 2.75) is 16.5 Å². The Morgan fingerprint density at radius 2 is 2.10 bits per heavy atom. The second-order valence-corrected chi connectivity index (χ2v) is 9.84. The highest BCUT2D eigenvalue weighted by atomic mass is 32.2. The summed E-state index contributed by atoms with van der Waals surface area (Å²) >= 11 is 4.28. The third kappa shape index (κ3) is 5.32. The molecule has 1 N–H and O–H groups in total. The third-order valence-electron chi connectivity index (χ3n) is 4.13. The topological polar surface area (TPSA) is 110 Å². The van der Waals surface area contributed by atoms with Crippen LogP contribution >= 0.6 is 34.4 Å². The summed E-state index contributed by atoms with van der Waals surface area (Å²) in [5, 5.41) is 15.6. The SMILES string of the molecule is C[C@@H](Sc1nc2ccc(N=Cc3ccc([N+](=O)[O-])cc3)cc2s1)C(=O)Nc1nccs1. The molecule has 0 radical (unpaired) electrons. The second-order valence-electron chi connectivity index (χ2n) is 6.33. The fraction of sp³-hybridized carbons (Fsp3) is 0.100. The first-order valence-electron chi connectivity index (χ1n) is 9.04. The van der Waals surface area contributed by atoms with Crippen LogP contribution in [-0.2, 0) is 4.79 Å². The Bertz CT molecular complexity index is 1250. The van der Waals surface area contributed by atoms with Gasteiger partial charge in [0.05, 0.1) is 26.1 Å². The van der Waals surface area contributed by atoms with Crippen LogP contribution in [-0.4, -0.2) is 32.3 Å². The number of thioether (sulfide) groups is 1. The molecule has 0 aliphatic rings. The van der Waals surface area contributed by atoms with Gasteiger partial charge < -0.3 is 5.32 Å². The van der Waals surface area contributed by atoms with Crippen molar-refractivity contribution in [1.29, 1.82) is 0 Å². The molecule has 0 spiro atoms. The maximum absolute atomic E-state index is 12.3. The van der Waals surface area contributed by atoms with Crippen molar-refractivity contribution in [3.05, 3.63) is 69.7 Å². The third-order valence-corrected chi connectivity index (χ3v) is 7.03. The molecule has 0 saturated carbocycles. The van der Waals surface area contributed by atoms with Gasteiger partial charge in [-0.25, -0.2) is 9.97 Å². The van der Waals surface area contributed by atoms with E-state index in [9.17, 15) is 14.9 Å². The highest BCUT2D eigenvalue weighted by Gasteiger charge is 2.18. The number of carbonyl (C=O) groups is 1. The molecule has 0 saturated heterocycles. The minimum Gasteiger partial charge on any atom is -0.301 e. The smallest absolute Gasteiger partial charge is 0.269 e. The quantitative estimate of drug-likeness (QED) is 0.165. The number of hydrogen-bond acceptors (Lipinski definition) is 9. The molecule has 4 rings (SSSR count). The van der Waals surface area contributed by atoms with E-state index in [1.165, 1.54) is 46.6 Å². The van der Waals surface area contributed by atoms with Crippen molar-refractivity contribution >= 4 is 73.3 Å². The lowest BCUT2D eigenvalue weighted by Crippen LogP contribution is -2.22. The number of benzene rings is 2. The summed E-state index contributed by atoms with van der Waals surface area (Å²) < 4.78 is 1.77. The molecule has 0 unspecified atom stereocenters. The Morgan fingerprint density at radius 1 is 1.29 bits per heavy atom. The number of aromatic nitrogens is 2. The van der Waals surface area contributed by atoms with Crippen molar-refractivity contribution in [2.75, 3.05) is 5.32 Å². The summed E-state index contributed by atoms with van der Waals surface area (Å²) in [7, 11) is 0. The predicted octanol–water partition coefficient (Wildman–Crippen LogP) is 5.53. The zero-order chi connectivity index (χ0) is 21.8. The normalized spacial score (nSPS) is 12.3. The minimum atomic E-state index is -0.433. The highest BCUT2D eigenvalue weighted by Crippen LogP contribution is 2.34. The Morgan fingerprint density at radius 3 is 2.81 bits per heavy atom. The van der Waals surface area contributed by atoms with Crippen LogP contribution in [0.3, 0.4) is 0 Å². The van der Waals surface area contributed by atoms with E-state index in [1.807, 2.05) is 30.5 Å². The van der Waals surface area contributed by atoms with Gasteiger partial charge in [-0.05, 0) is 42.8 Å². The fourth-order valence-electron chi connectivity index (χ4n) is 2.55. The van der Waals surface area contributed by atoms with Gasteiger partial charge >= 0.3 is 0 Å². The molecule has 0 aliphatic carbocycles. The predicted molar refractivity (Wildman–Crippen MR) is 126 cm³/mol. The van der Waals surface area contributed by atoms with Gasteiger partial charge in [0.2, 0.25) is 5.91 Å². The van der Waals surface area contributed by atoms with Crippen molar-refractivity contribution in [3.63, 3.8) is 0 Å². The first-order chi connectivity index (χ1) is 15.0. The monoisotopic (exact) mass is 469 g/mol. The van der Waals surface area contributed by atoms with Crippen LogP contribution < -0.4 is 5.32 Å². The lowest BCUT2D eigenvalue weighted by molar-refractivity contribution is -0.384. The molecule has 11 heteroatoms. The Balaban J connectivity index is 1.44. The van der Waals surface area contributed by atoms with Crippen LogP contribution in [0, 0.1) is 10.1 Å². The number of nitrogens with zero attached hydrogens (tertiary/aromatic N) is 4. The summed E-state index contributed by atoms with van der Waals surface area (Å²) in [6.45, 7) is 1.83. The minimum absolute atomic E-state index is 0.0443. The molecule has 1 atom stereocenters. The van der Waals surface area contributed by atoms with E-state index in [2.05, 4.69) is 20.3 Å². The van der Waals surface area contributed by atoms with Crippen LogP contribution in [0.1, 0.15) is 12.5 Å². The van der Waals surface area contributed by atoms with Gasteiger partial charge in [0.1, 0.15) is 0 Å². The number of nitro groups is 1. The zero-order valence-corrected chi connectivity index (χ0v) is 18.5. The molecule has 4 aromatic rings. The molecular weight excluding hydrogens is 454 g/mol. The van der Waals surface area contributed by atoms with Crippen molar-refractivity contribution in [3.8, 4) is 0 Å². The van der Waals surface area contributed by atoms with E-state index < -0.39 is 4.92 Å². The van der Waals surface area contributed by atoms with Gasteiger partial charge in [-0.15, -0.1) is 22.7 Å². The van der Waals surface area contributed by atoms with E-state index >= 15 is 0 Å². The van der Waals surface area contributed by atoms with Gasteiger partial charge in [0.25, 0.3) is 5.69 Å². The zero-order valence-electron chi connectivity index (χ0n) is 16.1. The number of anilines is 1. The summed E-state index contributed by atoms with van der Waals surface area (Å²) in [4.78, 5) is 35.7. The molecule has 0 bridgehead atoms. The molecule has 156 valence electrons. The summed E-state index contributed by atoms with van der Waals surface area (Å²) in [5.41, 5.74) is 2.41. The van der Waals surface area contributed by atoms with Gasteiger partial charge in [-0.1, -0.05) is 11.8 Å². The maximum Gasteiger partial charge on any atom is 0.269 e. The average molecular weight is 470 g/mol. The summed E-state index contributed by atoms with van der Waals surface area (Å²) in [5.74, 6) is -0.118. The lowest BCUT2D eigenvalue weighted by atomic mass is 10.2. The molecule has 2 aromatic carbocycles. The van der Waals surface area contributed by atoms with E-state index in [1.54, 1.807) is 24.5 Å². The van der Waals surface area contributed by atoms with Crippen LogP contribution in [0.5, 0.6) is 0 Å². The molecular formula is C20H15N5O3S3. The number of rotatable bonds is 7. The van der Waals surface area contributed by atoms with E-state index in [4.69, 9.17) is 0 Å². The number of nitrogens with one attached hydrogen (secondary N) is 1. The molecule has 8 nitrogen and oxygen atoms in total. The number of thiazole rings is 2. The second kappa shape index (κ2) is 9.33. The number of nitro benzene ring substituents is 1. The molecule has 2 heterocycles. The van der Waals surface area contributed by atoms with Gasteiger partial charge in [-0.3, -0.25) is 19.9 Å². The summed E-state index contributed by atoms with van der Waals surface area (Å²) in [6.07, 6.45) is 3.31. The van der Waals surface area contributed by atoms with E-state index in [-0.39, 0.29) is 16.8 Å². The Kier molecular flexibility index (Phi) is 6.35. The standard InChI is InChI=1S/C20H15N5O3S3/c1-12(18(26)24-19-21-8-9-29-19)30-20-23-16-7-4-14(10-17(16)31-20)22-11-13-2-5-15(6-3-13)25(27)28/h2-12H,1H3,(H,21,24,26)/t12-/m1/s1. The van der Waals surface area contributed by atoms with Crippen molar-refractivity contribution in [1.82, 2.24) is 9.97 Å². The number of non-ortho nitro benzene ring substituents is 1. The van der Waals surface area contributed by atoms with Gasteiger partial charge in [0.15, 0.2) is 9.47 Å². The van der Waals surface area contributed by atoms with Crippen LogP contribution in [0.4, 0.5) is 16.5 Å². The van der Waals surface area contributed by atoms with E-state index in [0.717, 1.165) is 25.8 Å². The number of carbonyl (C=O) groups excluding carboxylic acids is 1. The molecule has 0 aliphatic heterocycles. The Labute approximate surface area is 189 Å². The van der Waals surface area contributed by atoms with Crippen molar-refractivity contribution < 1.29 is 9.72 Å².